The van der Waals surface area contributed by atoms with Crippen molar-refractivity contribution in [2.75, 3.05) is 36.9 Å². The zero-order chi connectivity index (χ0) is 15.2. The maximum absolute atomic E-state index is 12.2. The van der Waals surface area contributed by atoms with Gasteiger partial charge >= 0.3 is 6.03 Å². The molecule has 0 saturated carbocycles. The van der Waals surface area contributed by atoms with Gasteiger partial charge in [0.25, 0.3) is 0 Å². The van der Waals surface area contributed by atoms with Gasteiger partial charge in [-0.1, -0.05) is 0 Å². The van der Waals surface area contributed by atoms with E-state index in [1.165, 1.54) is 11.5 Å². The summed E-state index contributed by atoms with van der Waals surface area (Å²) >= 11 is 3.98. The van der Waals surface area contributed by atoms with Gasteiger partial charge in [-0.2, -0.15) is 28.6 Å². The van der Waals surface area contributed by atoms with Crippen LogP contribution in [0.5, 0.6) is 0 Å². The van der Waals surface area contributed by atoms with Crippen molar-refractivity contribution in [3.05, 3.63) is 12.7 Å². The van der Waals surface area contributed by atoms with Crippen molar-refractivity contribution in [1.82, 2.24) is 25.0 Å². The van der Waals surface area contributed by atoms with Crippen LogP contribution in [0, 0.1) is 5.92 Å². The Hall–Kier alpha value is -0.890. The molecule has 1 atom stereocenters. The molecule has 0 spiro atoms. The quantitative estimate of drug-likeness (QED) is 0.900. The maximum Gasteiger partial charge on any atom is 0.317 e. The van der Waals surface area contributed by atoms with Crippen LogP contribution in [0.3, 0.4) is 0 Å². The summed E-state index contributed by atoms with van der Waals surface area (Å²) in [7, 11) is 0. The van der Waals surface area contributed by atoms with E-state index < -0.39 is 0 Å². The van der Waals surface area contributed by atoms with Crippen LogP contribution in [0.25, 0.3) is 0 Å². The average Bonchev–Trinajstić information content (AvgIpc) is 3.07. The van der Waals surface area contributed by atoms with E-state index in [0.717, 1.165) is 44.8 Å². The van der Waals surface area contributed by atoms with Gasteiger partial charge in [-0.15, -0.1) is 0 Å². The van der Waals surface area contributed by atoms with E-state index in [2.05, 4.69) is 15.4 Å². The molecule has 2 fully saturated rings. The lowest BCUT2D eigenvalue weighted by molar-refractivity contribution is 0.164. The monoisotopic (exact) mass is 341 g/mol. The maximum atomic E-state index is 12.2. The molecular weight excluding hydrogens is 318 g/mol. The molecular formula is C14H23N5OS2. The lowest BCUT2D eigenvalue weighted by Gasteiger charge is -2.32. The van der Waals surface area contributed by atoms with Gasteiger partial charge in [-0.3, -0.25) is 4.68 Å². The van der Waals surface area contributed by atoms with Crippen LogP contribution in [0.2, 0.25) is 0 Å². The van der Waals surface area contributed by atoms with Crippen molar-refractivity contribution in [3.8, 4) is 0 Å². The highest BCUT2D eigenvalue weighted by atomic mass is 32.2. The summed E-state index contributed by atoms with van der Waals surface area (Å²) in [5.41, 5.74) is 0. The molecule has 1 aromatic heterocycles. The topological polar surface area (TPSA) is 63.1 Å². The van der Waals surface area contributed by atoms with Gasteiger partial charge in [0.15, 0.2) is 0 Å². The summed E-state index contributed by atoms with van der Waals surface area (Å²) in [6.45, 7) is 3.40. The Bertz CT molecular complexity index is 456. The molecule has 6 nitrogen and oxygen atoms in total. The van der Waals surface area contributed by atoms with Crippen molar-refractivity contribution in [1.29, 1.82) is 0 Å². The predicted molar refractivity (Wildman–Crippen MR) is 91.3 cm³/mol. The van der Waals surface area contributed by atoms with E-state index in [1.807, 2.05) is 33.1 Å². The Balaban J connectivity index is 1.36. The first kappa shape index (κ1) is 16.0. The van der Waals surface area contributed by atoms with Crippen LogP contribution in [0.4, 0.5) is 4.79 Å². The highest BCUT2D eigenvalue weighted by Crippen LogP contribution is 2.23. The molecule has 0 unspecified atom stereocenters. The summed E-state index contributed by atoms with van der Waals surface area (Å²) in [6.07, 6.45) is 5.42. The van der Waals surface area contributed by atoms with E-state index in [4.69, 9.17) is 0 Å². The van der Waals surface area contributed by atoms with E-state index >= 15 is 0 Å². The summed E-state index contributed by atoms with van der Waals surface area (Å²) in [4.78, 5) is 18.2. The van der Waals surface area contributed by atoms with Crippen molar-refractivity contribution in [2.45, 2.75) is 24.6 Å². The number of carbonyl (C=O) groups excluding carboxylic acids is 1. The number of urea groups is 1. The molecule has 2 aliphatic rings. The van der Waals surface area contributed by atoms with Crippen LogP contribution in [-0.4, -0.2) is 67.8 Å². The highest BCUT2D eigenvalue weighted by Gasteiger charge is 2.24. The molecule has 1 N–H and O–H groups in total. The Kier molecular flexibility index (Phi) is 5.89. The number of nitrogens with one attached hydrogen (secondary N) is 1. The summed E-state index contributed by atoms with van der Waals surface area (Å²) < 4.78 is 1.89. The number of aromatic nitrogens is 3. The van der Waals surface area contributed by atoms with Gasteiger partial charge in [0, 0.05) is 48.7 Å². The largest absolute Gasteiger partial charge is 0.337 e. The number of hydrogen-bond acceptors (Lipinski definition) is 5. The number of rotatable bonds is 4. The van der Waals surface area contributed by atoms with Crippen LogP contribution < -0.4 is 5.32 Å². The zero-order valence-corrected chi connectivity index (χ0v) is 14.3. The lowest BCUT2D eigenvalue weighted by atomic mass is 9.97. The van der Waals surface area contributed by atoms with Crippen molar-refractivity contribution in [3.63, 3.8) is 0 Å². The SMILES string of the molecule is O=C(NC[C@@H]1CSCCS1)N1CCC(Cn2cncn2)CC1. The number of carbonyl (C=O) groups is 1. The Morgan fingerprint density at radius 1 is 1.32 bits per heavy atom. The van der Waals surface area contributed by atoms with E-state index in [-0.39, 0.29) is 6.03 Å². The van der Waals surface area contributed by atoms with E-state index in [1.54, 1.807) is 12.7 Å². The van der Waals surface area contributed by atoms with Crippen LogP contribution >= 0.6 is 23.5 Å². The van der Waals surface area contributed by atoms with Crippen LogP contribution in [0.15, 0.2) is 12.7 Å². The third-order valence-corrected chi connectivity index (χ3v) is 7.02. The lowest BCUT2D eigenvalue weighted by Crippen LogP contribution is -2.46. The molecule has 22 heavy (non-hydrogen) atoms. The third kappa shape index (κ3) is 4.55. The fourth-order valence-electron chi connectivity index (χ4n) is 2.88. The van der Waals surface area contributed by atoms with Gasteiger partial charge in [0.05, 0.1) is 0 Å². The molecule has 0 radical (unpaired) electrons. The molecule has 0 bridgehead atoms. The first-order chi connectivity index (χ1) is 10.8. The third-order valence-electron chi connectivity index (χ3n) is 4.18. The molecule has 2 aliphatic heterocycles. The minimum Gasteiger partial charge on any atom is -0.337 e. The molecule has 3 rings (SSSR count). The number of hydrogen-bond donors (Lipinski definition) is 1. The highest BCUT2D eigenvalue weighted by molar-refractivity contribution is 8.06. The van der Waals surface area contributed by atoms with Gasteiger partial charge in [0.2, 0.25) is 0 Å². The first-order valence-corrected chi connectivity index (χ1v) is 10.1. The second-order valence-electron chi connectivity index (χ2n) is 5.80. The normalized spacial score (nSPS) is 23.5. The minimum absolute atomic E-state index is 0.107. The van der Waals surface area contributed by atoms with Crippen LogP contribution in [-0.2, 0) is 6.54 Å². The van der Waals surface area contributed by atoms with E-state index in [9.17, 15) is 4.79 Å². The van der Waals surface area contributed by atoms with Gasteiger partial charge < -0.3 is 10.2 Å². The molecule has 2 saturated heterocycles. The Labute approximate surface area is 139 Å². The summed E-state index contributed by atoms with van der Waals surface area (Å²) in [6, 6.07) is 0.107. The standard InChI is InChI=1S/C14H23N5OS2/c20-14(16-7-13-9-21-5-6-22-13)18-3-1-12(2-4-18)8-19-11-15-10-17-19/h10-13H,1-9H2,(H,16,20)/t13-/m1/s1. The van der Waals surface area contributed by atoms with Gasteiger partial charge in [-0.25, -0.2) is 9.78 Å². The van der Waals surface area contributed by atoms with Gasteiger partial charge in [0.1, 0.15) is 12.7 Å². The predicted octanol–water partition coefficient (Wildman–Crippen LogP) is 1.55. The Morgan fingerprint density at radius 2 is 2.18 bits per heavy atom. The first-order valence-electron chi connectivity index (χ1n) is 7.86. The molecule has 2 amide bonds. The van der Waals surface area contributed by atoms with Crippen molar-refractivity contribution >= 4 is 29.6 Å². The number of piperidine rings is 1. The number of likely N-dealkylation sites (tertiary alicyclic amines) is 1. The molecule has 1 aromatic rings. The van der Waals surface area contributed by atoms with E-state index in [0.29, 0.717) is 11.2 Å². The second kappa shape index (κ2) is 8.10. The molecule has 3 heterocycles. The van der Waals surface area contributed by atoms with Crippen LogP contribution in [0.1, 0.15) is 12.8 Å². The van der Waals surface area contributed by atoms with Crippen molar-refractivity contribution < 1.29 is 4.79 Å². The smallest absolute Gasteiger partial charge is 0.317 e. The Morgan fingerprint density at radius 3 is 2.86 bits per heavy atom. The number of thioether (sulfide) groups is 2. The fourth-order valence-corrected chi connectivity index (χ4v) is 5.49. The van der Waals surface area contributed by atoms with Gasteiger partial charge in [-0.05, 0) is 18.8 Å². The summed E-state index contributed by atoms with van der Waals surface area (Å²) in [5, 5.41) is 7.84. The molecule has 0 aromatic carbocycles. The minimum atomic E-state index is 0.107. The zero-order valence-electron chi connectivity index (χ0n) is 12.7. The fraction of sp³-hybridized carbons (Fsp3) is 0.786. The average molecular weight is 342 g/mol. The van der Waals surface area contributed by atoms with Crippen molar-refractivity contribution in [2.24, 2.45) is 5.92 Å². The number of amides is 2. The molecule has 0 aliphatic carbocycles. The molecule has 8 heteroatoms. The number of nitrogens with zero attached hydrogens (tertiary/aromatic N) is 4. The summed E-state index contributed by atoms with van der Waals surface area (Å²) in [5.74, 6) is 4.20. The second-order valence-corrected chi connectivity index (χ2v) is 8.36. The molecule has 122 valence electrons.